The minimum Gasteiger partial charge on any atom is -0.493 e. The first kappa shape index (κ1) is 8.60. The maximum absolute atomic E-state index is 10.9. The Morgan fingerprint density at radius 1 is 1.67 bits per heavy atom. The maximum Gasteiger partial charge on any atom is 0.285 e. The Balaban J connectivity index is 3.74. The zero-order valence-electron chi connectivity index (χ0n) is 6.07. The van der Waals surface area contributed by atoms with E-state index < -0.39 is 17.1 Å². The molecular weight excluding hydrogens is 182 g/mol. The molecule has 0 radical (unpaired) electrons. The van der Waals surface area contributed by atoms with Crippen molar-refractivity contribution in [3.05, 3.63) is 20.0 Å². The summed E-state index contributed by atoms with van der Waals surface area (Å²) in [4.78, 5) is 23.1. The standard InChI is InChI=1S/C5H5N3O3S/c1-8-4(10)2(7-11)3(9)6-5(8)12/h10H,1H3,(H,6,9,12). The number of nitroso groups, excluding NO2 is 1. The van der Waals surface area contributed by atoms with E-state index in [1.54, 1.807) is 0 Å². The lowest BCUT2D eigenvalue weighted by Crippen LogP contribution is -2.10. The van der Waals surface area contributed by atoms with Gasteiger partial charge in [-0.05, 0) is 17.4 Å². The van der Waals surface area contributed by atoms with Crippen molar-refractivity contribution in [3.63, 3.8) is 0 Å². The number of hydrogen-bond acceptors (Lipinski definition) is 5. The van der Waals surface area contributed by atoms with E-state index in [0.717, 1.165) is 4.57 Å². The van der Waals surface area contributed by atoms with Crippen molar-refractivity contribution in [2.75, 3.05) is 0 Å². The van der Waals surface area contributed by atoms with E-state index in [-0.39, 0.29) is 4.77 Å². The monoisotopic (exact) mass is 187 g/mol. The summed E-state index contributed by atoms with van der Waals surface area (Å²) < 4.78 is 1.11. The van der Waals surface area contributed by atoms with Crippen molar-refractivity contribution >= 4 is 17.9 Å². The zero-order chi connectivity index (χ0) is 9.30. The third kappa shape index (κ3) is 1.14. The molecule has 12 heavy (non-hydrogen) atoms. The Labute approximate surface area is 71.5 Å². The zero-order valence-corrected chi connectivity index (χ0v) is 6.88. The molecular formula is C5H5N3O3S. The highest BCUT2D eigenvalue weighted by molar-refractivity contribution is 7.71. The summed E-state index contributed by atoms with van der Waals surface area (Å²) in [6.45, 7) is 0. The fraction of sp³-hybridized carbons (Fsp3) is 0.200. The Morgan fingerprint density at radius 3 is 2.75 bits per heavy atom. The predicted octanol–water partition coefficient (Wildman–Crippen LogP) is 0.546. The first-order chi connectivity index (χ1) is 5.57. The normalized spacial score (nSPS) is 9.75. The summed E-state index contributed by atoms with van der Waals surface area (Å²) in [6, 6.07) is 0. The van der Waals surface area contributed by atoms with E-state index in [2.05, 4.69) is 22.4 Å². The first-order valence-electron chi connectivity index (χ1n) is 2.93. The van der Waals surface area contributed by atoms with Crippen molar-refractivity contribution in [2.24, 2.45) is 12.2 Å². The van der Waals surface area contributed by atoms with Crippen LogP contribution < -0.4 is 5.56 Å². The van der Waals surface area contributed by atoms with Crippen LogP contribution in [0.2, 0.25) is 0 Å². The highest BCUT2D eigenvalue weighted by Crippen LogP contribution is 2.18. The summed E-state index contributed by atoms with van der Waals surface area (Å²) in [6.07, 6.45) is 0. The lowest BCUT2D eigenvalue weighted by Gasteiger charge is -2.01. The second kappa shape index (κ2) is 2.86. The van der Waals surface area contributed by atoms with Crippen LogP contribution in [0.15, 0.2) is 9.97 Å². The Hall–Kier alpha value is -1.50. The summed E-state index contributed by atoms with van der Waals surface area (Å²) in [5, 5.41) is 11.5. The van der Waals surface area contributed by atoms with Crippen molar-refractivity contribution in [3.8, 4) is 5.88 Å². The molecule has 1 aromatic heterocycles. The molecule has 2 N–H and O–H groups in total. The van der Waals surface area contributed by atoms with Gasteiger partial charge in [0.05, 0.1) is 0 Å². The van der Waals surface area contributed by atoms with Crippen molar-refractivity contribution in [1.29, 1.82) is 0 Å². The van der Waals surface area contributed by atoms with Gasteiger partial charge in [0.2, 0.25) is 11.6 Å². The lowest BCUT2D eigenvalue weighted by molar-refractivity contribution is 0.423. The van der Waals surface area contributed by atoms with E-state index in [1.807, 2.05) is 0 Å². The molecule has 0 aromatic carbocycles. The summed E-state index contributed by atoms with van der Waals surface area (Å²) >= 11 is 4.64. The van der Waals surface area contributed by atoms with Crippen LogP contribution in [0.5, 0.6) is 5.88 Å². The largest absolute Gasteiger partial charge is 0.493 e. The average Bonchev–Trinajstić information content (AvgIpc) is 2.01. The molecule has 0 amide bonds. The Bertz CT molecular complexity index is 433. The fourth-order valence-corrected chi connectivity index (χ4v) is 0.858. The van der Waals surface area contributed by atoms with Crippen LogP contribution >= 0.6 is 12.2 Å². The van der Waals surface area contributed by atoms with Crippen LogP contribution in [0.3, 0.4) is 0 Å². The van der Waals surface area contributed by atoms with Crippen LogP contribution in [-0.2, 0) is 7.05 Å². The van der Waals surface area contributed by atoms with Crippen LogP contribution in [0.4, 0.5) is 5.69 Å². The highest BCUT2D eigenvalue weighted by Gasteiger charge is 2.09. The highest BCUT2D eigenvalue weighted by atomic mass is 32.1. The SMILES string of the molecule is Cn1c(O)c(N=O)c(=O)[nH]c1=S. The number of hydrogen-bond donors (Lipinski definition) is 2. The molecule has 0 aliphatic rings. The number of nitrogens with one attached hydrogen (secondary N) is 1. The van der Waals surface area contributed by atoms with Gasteiger partial charge in [-0.3, -0.25) is 14.3 Å². The molecule has 0 fully saturated rings. The van der Waals surface area contributed by atoms with Gasteiger partial charge in [0.1, 0.15) is 0 Å². The predicted molar refractivity (Wildman–Crippen MR) is 44.0 cm³/mol. The number of H-pyrrole nitrogens is 1. The van der Waals surface area contributed by atoms with E-state index >= 15 is 0 Å². The summed E-state index contributed by atoms with van der Waals surface area (Å²) in [5.41, 5.74) is -1.35. The molecule has 0 saturated heterocycles. The molecule has 0 aliphatic carbocycles. The van der Waals surface area contributed by atoms with Gasteiger partial charge in [-0.15, -0.1) is 4.91 Å². The van der Waals surface area contributed by atoms with Crippen molar-refractivity contribution < 1.29 is 5.11 Å². The van der Waals surface area contributed by atoms with Gasteiger partial charge in [-0.25, -0.2) is 0 Å². The molecule has 0 spiro atoms. The molecule has 7 heteroatoms. The summed E-state index contributed by atoms with van der Waals surface area (Å²) in [7, 11) is 1.41. The average molecular weight is 187 g/mol. The smallest absolute Gasteiger partial charge is 0.285 e. The molecule has 0 bridgehead atoms. The van der Waals surface area contributed by atoms with E-state index in [4.69, 9.17) is 5.11 Å². The second-order valence-electron chi connectivity index (χ2n) is 2.08. The molecule has 0 unspecified atom stereocenters. The fourth-order valence-electron chi connectivity index (χ4n) is 0.679. The van der Waals surface area contributed by atoms with Crippen molar-refractivity contribution in [2.45, 2.75) is 0 Å². The maximum atomic E-state index is 10.9. The third-order valence-corrected chi connectivity index (χ3v) is 1.74. The topological polar surface area (TPSA) is 87.4 Å². The van der Waals surface area contributed by atoms with Gasteiger partial charge in [-0.2, -0.15) is 0 Å². The Kier molecular flexibility index (Phi) is 2.05. The number of aromatic amines is 1. The minimum absolute atomic E-state index is 0.0323. The third-order valence-electron chi connectivity index (χ3n) is 1.36. The van der Waals surface area contributed by atoms with Gasteiger partial charge in [-0.1, -0.05) is 0 Å². The summed E-state index contributed by atoms with van der Waals surface area (Å²) in [5.74, 6) is -0.529. The number of rotatable bonds is 1. The van der Waals surface area contributed by atoms with Gasteiger partial charge < -0.3 is 5.11 Å². The lowest BCUT2D eigenvalue weighted by atomic mass is 10.5. The number of aromatic hydroxyl groups is 1. The van der Waals surface area contributed by atoms with Crippen LogP contribution in [0.1, 0.15) is 0 Å². The van der Waals surface area contributed by atoms with Gasteiger partial charge in [0, 0.05) is 7.05 Å². The molecule has 1 heterocycles. The molecule has 6 nitrogen and oxygen atoms in total. The minimum atomic E-state index is -0.786. The first-order valence-corrected chi connectivity index (χ1v) is 3.34. The molecule has 1 rings (SSSR count). The number of nitrogens with zero attached hydrogens (tertiary/aromatic N) is 2. The molecule has 1 aromatic rings. The van der Waals surface area contributed by atoms with Crippen molar-refractivity contribution in [1.82, 2.24) is 9.55 Å². The van der Waals surface area contributed by atoms with E-state index in [9.17, 15) is 9.70 Å². The second-order valence-corrected chi connectivity index (χ2v) is 2.47. The van der Waals surface area contributed by atoms with E-state index in [1.165, 1.54) is 7.05 Å². The van der Waals surface area contributed by atoms with Crippen LogP contribution in [-0.4, -0.2) is 14.7 Å². The molecule has 0 saturated carbocycles. The molecule has 0 atom stereocenters. The molecule has 0 aliphatic heterocycles. The Morgan fingerprint density at radius 2 is 2.25 bits per heavy atom. The van der Waals surface area contributed by atoms with Gasteiger partial charge >= 0.3 is 0 Å². The van der Waals surface area contributed by atoms with Crippen LogP contribution in [0.25, 0.3) is 0 Å². The molecule has 64 valence electrons. The van der Waals surface area contributed by atoms with Crippen LogP contribution in [0, 0.1) is 9.68 Å². The van der Waals surface area contributed by atoms with Gasteiger partial charge in [0.25, 0.3) is 5.56 Å². The number of aromatic nitrogens is 2. The quantitative estimate of drug-likeness (QED) is 0.496. The van der Waals surface area contributed by atoms with E-state index in [0.29, 0.717) is 0 Å². The van der Waals surface area contributed by atoms with Gasteiger partial charge in [0.15, 0.2) is 4.77 Å².